The van der Waals surface area contributed by atoms with Crippen molar-refractivity contribution in [2.75, 3.05) is 0 Å². The van der Waals surface area contributed by atoms with Gasteiger partial charge in [0.05, 0.1) is 0 Å². The van der Waals surface area contributed by atoms with Crippen molar-refractivity contribution in [1.82, 2.24) is 15.0 Å². The topological polar surface area (TPSA) is 51.8 Å². The van der Waals surface area contributed by atoms with Crippen LogP contribution in [0.4, 0.5) is 0 Å². The van der Waals surface area contributed by atoms with Crippen LogP contribution in [-0.4, -0.2) is 15.0 Å². The second-order valence-corrected chi connectivity index (χ2v) is 9.68. The third-order valence-electron chi connectivity index (χ3n) is 7.32. The van der Waals surface area contributed by atoms with E-state index in [4.69, 9.17) is 19.4 Å². The van der Waals surface area contributed by atoms with Gasteiger partial charge in [0.2, 0.25) is 0 Å². The van der Waals surface area contributed by atoms with Gasteiger partial charge in [-0.2, -0.15) is 0 Å². The normalized spacial score (nSPS) is 11.6. The largest absolute Gasteiger partial charge is 0.455 e. The summed E-state index contributed by atoms with van der Waals surface area (Å²) in [5, 5.41) is 6.66. The molecule has 0 aliphatic heterocycles. The number of aromatic nitrogens is 3. The van der Waals surface area contributed by atoms with Crippen LogP contribution in [-0.2, 0) is 0 Å². The van der Waals surface area contributed by atoms with Crippen LogP contribution in [0, 0.1) is 0 Å². The minimum atomic E-state index is 0.637. The minimum absolute atomic E-state index is 0.637. The number of hydrogen-bond acceptors (Lipinski definition) is 4. The molecular formula is C35H21N3O. The van der Waals surface area contributed by atoms with Crippen LogP contribution in [0.25, 0.3) is 77.6 Å². The molecule has 0 aliphatic carbocycles. The summed E-state index contributed by atoms with van der Waals surface area (Å²) in [5.74, 6) is 1.94. The van der Waals surface area contributed by atoms with Gasteiger partial charge in [-0.05, 0) is 40.4 Å². The van der Waals surface area contributed by atoms with E-state index < -0.39 is 0 Å². The summed E-state index contributed by atoms with van der Waals surface area (Å²) in [6, 6.07) is 43.4. The fourth-order valence-corrected chi connectivity index (χ4v) is 5.41. The average molecular weight is 500 g/mol. The maximum atomic E-state index is 6.26. The number of nitrogens with zero attached hydrogens (tertiary/aromatic N) is 3. The molecule has 0 radical (unpaired) electrons. The predicted molar refractivity (Wildman–Crippen MR) is 158 cm³/mol. The molecular weight excluding hydrogens is 478 g/mol. The van der Waals surface area contributed by atoms with Crippen molar-refractivity contribution in [2.45, 2.75) is 0 Å². The Bertz CT molecular complexity index is 2180. The Morgan fingerprint density at radius 3 is 2.00 bits per heavy atom. The number of hydrogen-bond donors (Lipinski definition) is 0. The molecule has 0 fully saturated rings. The minimum Gasteiger partial charge on any atom is -0.455 e. The lowest BCUT2D eigenvalue weighted by molar-refractivity contribution is 0.672. The molecule has 0 unspecified atom stereocenters. The van der Waals surface area contributed by atoms with Crippen molar-refractivity contribution in [3.63, 3.8) is 0 Å². The molecule has 39 heavy (non-hydrogen) atoms. The molecule has 2 heterocycles. The third kappa shape index (κ3) is 3.57. The van der Waals surface area contributed by atoms with Gasteiger partial charge in [0, 0.05) is 32.8 Å². The van der Waals surface area contributed by atoms with E-state index in [0.717, 1.165) is 60.2 Å². The van der Waals surface area contributed by atoms with Crippen LogP contribution in [0.3, 0.4) is 0 Å². The Hall–Kier alpha value is -5.35. The number of rotatable bonds is 3. The van der Waals surface area contributed by atoms with Gasteiger partial charge in [0.1, 0.15) is 11.2 Å². The lowest BCUT2D eigenvalue weighted by Gasteiger charge is -2.11. The molecule has 0 bridgehead atoms. The van der Waals surface area contributed by atoms with Crippen LogP contribution in [0.1, 0.15) is 0 Å². The zero-order valence-electron chi connectivity index (χ0n) is 20.9. The quantitative estimate of drug-likeness (QED) is 0.243. The molecule has 182 valence electrons. The van der Waals surface area contributed by atoms with Gasteiger partial charge >= 0.3 is 0 Å². The predicted octanol–water partition coefficient (Wildman–Crippen LogP) is 9.08. The Labute approximate surface area is 224 Å². The number of benzene rings is 6. The summed E-state index contributed by atoms with van der Waals surface area (Å²) in [6.07, 6.45) is 0. The van der Waals surface area contributed by atoms with Gasteiger partial charge < -0.3 is 4.42 Å². The summed E-state index contributed by atoms with van der Waals surface area (Å²) < 4.78 is 6.26. The SMILES string of the molecule is c1ccc(-c2nc(-c3ccc4c(ccc5c6ccccc6oc45)c3)nc(-c3cccc4ccccc34)n2)cc1. The number of fused-ring (bicyclic) bond motifs is 6. The maximum Gasteiger partial charge on any atom is 0.164 e. The molecule has 4 heteroatoms. The van der Waals surface area contributed by atoms with Gasteiger partial charge in [-0.1, -0.05) is 103 Å². The van der Waals surface area contributed by atoms with Crippen molar-refractivity contribution in [3.05, 3.63) is 127 Å². The Kier molecular flexibility index (Phi) is 4.79. The van der Waals surface area contributed by atoms with Crippen molar-refractivity contribution in [3.8, 4) is 34.2 Å². The summed E-state index contributed by atoms with van der Waals surface area (Å²) in [6.45, 7) is 0. The molecule has 0 spiro atoms. The Morgan fingerprint density at radius 1 is 0.410 bits per heavy atom. The first kappa shape index (κ1) is 21.7. The highest BCUT2D eigenvalue weighted by molar-refractivity contribution is 6.15. The van der Waals surface area contributed by atoms with Gasteiger partial charge in [0.15, 0.2) is 17.5 Å². The monoisotopic (exact) mass is 499 g/mol. The van der Waals surface area contributed by atoms with Crippen LogP contribution in [0.2, 0.25) is 0 Å². The molecule has 2 aromatic heterocycles. The average Bonchev–Trinajstić information content (AvgIpc) is 3.40. The fraction of sp³-hybridized carbons (Fsp3) is 0. The van der Waals surface area contributed by atoms with Gasteiger partial charge in [-0.15, -0.1) is 0 Å². The first-order valence-corrected chi connectivity index (χ1v) is 13.0. The second-order valence-electron chi connectivity index (χ2n) is 9.68. The third-order valence-corrected chi connectivity index (χ3v) is 7.32. The van der Waals surface area contributed by atoms with E-state index in [1.807, 2.05) is 54.6 Å². The molecule has 0 amide bonds. The summed E-state index contributed by atoms with van der Waals surface area (Å²) in [5.41, 5.74) is 4.66. The van der Waals surface area contributed by atoms with Gasteiger partial charge in [-0.3, -0.25) is 0 Å². The number of para-hydroxylation sites is 1. The van der Waals surface area contributed by atoms with Crippen LogP contribution < -0.4 is 0 Å². The van der Waals surface area contributed by atoms with E-state index in [2.05, 4.69) is 72.8 Å². The molecule has 0 atom stereocenters. The fourth-order valence-electron chi connectivity index (χ4n) is 5.41. The standard InChI is InChI=1S/C35H21N3O/c1-2-10-23(11-3-1)33-36-34(38-35(37-33)30-15-8-12-22-9-4-5-13-26(22)30)25-18-19-27-24(21-25)17-20-29-28-14-6-7-16-31(28)39-32(27)29/h1-21H. The van der Waals surface area contributed by atoms with Gasteiger partial charge in [-0.25, -0.2) is 15.0 Å². The molecule has 8 rings (SSSR count). The zero-order valence-corrected chi connectivity index (χ0v) is 20.9. The van der Waals surface area contributed by atoms with Crippen LogP contribution >= 0.6 is 0 Å². The van der Waals surface area contributed by atoms with E-state index in [-0.39, 0.29) is 0 Å². The Balaban J connectivity index is 1.35. The molecule has 6 aromatic carbocycles. The van der Waals surface area contributed by atoms with Crippen LogP contribution in [0.5, 0.6) is 0 Å². The lowest BCUT2D eigenvalue weighted by Crippen LogP contribution is -2.00. The highest BCUT2D eigenvalue weighted by atomic mass is 16.3. The maximum absolute atomic E-state index is 6.26. The van der Waals surface area contributed by atoms with E-state index in [0.29, 0.717) is 17.5 Å². The smallest absolute Gasteiger partial charge is 0.164 e. The first-order valence-electron chi connectivity index (χ1n) is 13.0. The highest BCUT2D eigenvalue weighted by Gasteiger charge is 2.16. The molecule has 8 aromatic rings. The number of furan rings is 1. The van der Waals surface area contributed by atoms with Crippen molar-refractivity contribution in [2.24, 2.45) is 0 Å². The second kappa shape index (κ2) is 8.61. The highest BCUT2D eigenvalue weighted by Crippen LogP contribution is 2.36. The molecule has 0 saturated heterocycles. The van der Waals surface area contributed by atoms with Crippen molar-refractivity contribution < 1.29 is 4.42 Å². The molecule has 4 nitrogen and oxygen atoms in total. The van der Waals surface area contributed by atoms with Gasteiger partial charge in [0.25, 0.3) is 0 Å². The molecule has 0 N–H and O–H groups in total. The van der Waals surface area contributed by atoms with E-state index in [1.165, 1.54) is 0 Å². The zero-order chi connectivity index (χ0) is 25.8. The Morgan fingerprint density at radius 2 is 1.10 bits per heavy atom. The van der Waals surface area contributed by atoms with E-state index in [1.54, 1.807) is 0 Å². The van der Waals surface area contributed by atoms with E-state index >= 15 is 0 Å². The van der Waals surface area contributed by atoms with Crippen molar-refractivity contribution in [1.29, 1.82) is 0 Å². The lowest BCUT2D eigenvalue weighted by atomic mass is 10.0. The molecule has 0 saturated carbocycles. The van der Waals surface area contributed by atoms with E-state index in [9.17, 15) is 0 Å². The first-order chi connectivity index (χ1) is 19.3. The van der Waals surface area contributed by atoms with Crippen molar-refractivity contribution >= 4 is 43.5 Å². The summed E-state index contributed by atoms with van der Waals surface area (Å²) in [4.78, 5) is 14.9. The summed E-state index contributed by atoms with van der Waals surface area (Å²) >= 11 is 0. The van der Waals surface area contributed by atoms with Crippen LogP contribution in [0.15, 0.2) is 132 Å². The molecule has 0 aliphatic rings. The summed E-state index contributed by atoms with van der Waals surface area (Å²) in [7, 11) is 0.